The highest BCUT2D eigenvalue weighted by Crippen LogP contribution is 2.28. The Labute approximate surface area is 50.7 Å². The van der Waals surface area contributed by atoms with E-state index in [0.29, 0.717) is 0 Å². The molecule has 5 nitrogen and oxygen atoms in total. The van der Waals surface area contributed by atoms with Gasteiger partial charge in [0.15, 0.2) is 0 Å². The fourth-order valence-electron chi connectivity index (χ4n) is 0.422. The number of carbonyl (C=O) groups is 1. The molecule has 0 N–H and O–H groups in total. The molecule has 1 rings (SSSR count). The minimum atomic E-state index is -1.30. The first-order chi connectivity index (χ1) is 4.25. The van der Waals surface area contributed by atoms with E-state index in [4.69, 9.17) is 0 Å². The Balaban J connectivity index is 2.70. The minimum absolute atomic E-state index is 0.126. The fraction of sp³-hybridized carbons (Fsp3) is 0.500. The van der Waals surface area contributed by atoms with E-state index in [-0.39, 0.29) is 6.61 Å². The SMILES string of the molecule is C=N[C@]1(C(=O)N=O)CO1. The summed E-state index contributed by atoms with van der Waals surface area (Å²) in [6, 6.07) is 0. The Bertz CT molecular complexity index is 173. The number of rotatable bonds is 2. The molecule has 0 spiro atoms. The molecule has 1 fully saturated rings. The second-order valence-electron chi connectivity index (χ2n) is 1.63. The summed E-state index contributed by atoms with van der Waals surface area (Å²) in [7, 11) is 0. The fourth-order valence-corrected chi connectivity index (χ4v) is 0.422. The molecular formula is C4H4N2O3. The summed E-state index contributed by atoms with van der Waals surface area (Å²) in [6.07, 6.45) is 0. The molecule has 1 saturated heterocycles. The second kappa shape index (κ2) is 1.70. The van der Waals surface area contributed by atoms with Gasteiger partial charge in [-0.1, -0.05) is 0 Å². The molecule has 1 heterocycles. The average Bonchev–Trinajstić information content (AvgIpc) is 2.66. The smallest absolute Gasteiger partial charge is 0.338 e. The number of epoxide rings is 1. The van der Waals surface area contributed by atoms with Crippen LogP contribution in [0.4, 0.5) is 0 Å². The van der Waals surface area contributed by atoms with E-state index in [0.717, 1.165) is 0 Å². The molecule has 0 aromatic heterocycles. The molecule has 1 aliphatic rings. The topological polar surface area (TPSA) is 71.4 Å². The highest BCUT2D eigenvalue weighted by Gasteiger charge is 2.53. The van der Waals surface area contributed by atoms with E-state index < -0.39 is 11.6 Å². The van der Waals surface area contributed by atoms with Crippen molar-refractivity contribution in [2.75, 3.05) is 6.61 Å². The van der Waals surface area contributed by atoms with Crippen molar-refractivity contribution >= 4 is 12.6 Å². The number of nitrogens with zero attached hydrogens (tertiary/aromatic N) is 2. The summed E-state index contributed by atoms with van der Waals surface area (Å²) in [4.78, 5) is 23.3. The molecule has 0 aromatic carbocycles. The van der Waals surface area contributed by atoms with Gasteiger partial charge in [-0.25, -0.2) is 0 Å². The first kappa shape index (κ1) is 6.03. The van der Waals surface area contributed by atoms with Crippen molar-refractivity contribution in [3.05, 3.63) is 4.91 Å². The van der Waals surface area contributed by atoms with Crippen LogP contribution < -0.4 is 0 Å². The molecule has 9 heavy (non-hydrogen) atoms. The number of aliphatic imine (C=N–C) groups is 1. The van der Waals surface area contributed by atoms with E-state index in [9.17, 15) is 9.70 Å². The third-order valence-corrected chi connectivity index (χ3v) is 1.09. The largest absolute Gasteiger partial charge is 0.342 e. The molecule has 0 aromatic rings. The van der Waals surface area contributed by atoms with E-state index in [1.165, 1.54) is 0 Å². The molecule has 0 unspecified atom stereocenters. The highest BCUT2D eigenvalue weighted by atomic mass is 16.6. The summed E-state index contributed by atoms with van der Waals surface area (Å²) in [5.74, 6) is -0.905. The number of nitroso groups, excluding NO2 is 1. The van der Waals surface area contributed by atoms with Gasteiger partial charge in [0.1, 0.15) is 6.61 Å². The third-order valence-electron chi connectivity index (χ3n) is 1.09. The summed E-state index contributed by atoms with van der Waals surface area (Å²) in [5.41, 5.74) is -1.30. The lowest BCUT2D eigenvalue weighted by atomic mass is 10.3. The molecule has 0 radical (unpaired) electrons. The Morgan fingerprint density at radius 2 is 2.33 bits per heavy atom. The Kier molecular flexibility index (Phi) is 1.14. The molecule has 5 heteroatoms. The van der Waals surface area contributed by atoms with Crippen LogP contribution in [-0.2, 0) is 9.53 Å². The van der Waals surface area contributed by atoms with Gasteiger partial charge in [-0.3, -0.25) is 9.79 Å². The van der Waals surface area contributed by atoms with Crippen LogP contribution in [0.2, 0.25) is 0 Å². The van der Waals surface area contributed by atoms with Crippen molar-refractivity contribution in [1.82, 2.24) is 0 Å². The van der Waals surface area contributed by atoms with Gasteiger partial charge in [-0.15, -0.1) is 4.91 Å². The maximum atomic E-state index is 10.4. The summed E-state index contributed by atoms with van der Waals surface area (Å²) >= 11 is 0. The average molecular weight is 128 g/mol. The van der Waals surface area contributed by atoms with Crippen molar-refractivity contribution in [3.63, 3.8) is 0 Å². The molecule has 0 saturated carbocycles. The van der Waals surface area contributed by atoms with Gasteiger partial charge in [0.05, 0.1) is 0 Å². The molecular weight excluding hydrogens is 124 g/mol. The van der Waals surface area contributed by atoms with E-state index >= 15 is 0 Å². The predicted molar refractivity (Wildman–Crippen MR) is 29.0 cm³/mol. The maximum Gasteiger partial charge on any atom is 0.342 e. The molecule has 1 aliphatic heterocycles. The zero-order valence-electron chi connectivity index (χ0n) is 4.53. The molecule has 1 amide bonds. The molecule has 0 bridgehead atoms. The van der Waals surface area contributed by atoms with Gasteiger partial charge in [0.25, 0.3) is 5.72 Å². The standard InChI is InChI=1S/C4H4N2O3/c1-5-4(2-9-4)3(7)6-8/h1-2H2/t4-/m1/s1. The van der Waals surface area contributed by atoms with Crippen LogP contribution >= 0.6 is 0 Å². The van der Waals surface area contributed by atoms with E-state index in [2.05, 4.69) is 21.6 Å². The van der Waals surface area contributed by atoms with Gasteiger partial charge in [-0.05, 0) is 6.72 Å². The van der Waals surface area contributed by atoms with Gasteiger partial charge in [0, 0.05) is 5.18 Å². The maximum absolute atomic E-state index is 10.4. The van der Waals surface area contributed by atoms with Gasteiger partial charge >= 0.3 is 5.91 Å². The van der Waals surface area contributed by atoms with Crippen molar-refractivity contribution in [1.29, 1.82) is 0 Å². The minimum Gasteiger partial charge on any atom is -0.338 e. The first-order valence-corrected chi connectivity index (χ1v) is 2.25. The summed E-state index contributed by atoms with van der Waals surface area (Å²) in [5, 5.41) is 2.15. The van der Waals surface area contributed by atoms with Crippen LogP contribution in [0, 0.1) is 4.91 Å². The monoisotopic (exact) mass is 128 g/mol. The lowest BCUT2D eigenvalue weighted by molar-refractivity contribution is -0.122. The Hall–Kier alpha value is -1.10. The summed E-state index contributed by atoms with van der Waals surface area (Å²) in [6.45, 7) is 3.20. The van der Waals surface area contributed by atoms with Crippen molar-refractivity contribution < 1.29 is 9.53 Å². The van der Waals surface area contributed by atoms with Gasteiger partial charge in [0.2, 0.25) is 0 Å². The zero-order chi connectivity index (χ0) is 6.91. The van der Waals surface area contributed by atoms with Crippen LogP contribution in [0.3, 0.4) is 0 Å². The highest BCUT2D eigenvalue weighted by molar-refractivity contribution is 5.88. The van der Waals surface area contributed by atoms with Crippen LogP contribution in [0.1, 0.15) is 0 Å². The number of ether oxygens (including phenoxy) is 1. The number of hydrogen-bond donors (Lipinski definition) is 0. The van der Waals surface area contributed by atoms with Crippen LogP contribution in [0.25, 0.3) is 0 Å². The van der Waals surface area contributed by atoms with Crippen LogP contribution in [-0.4, -0.2) is 25.0 Å². The normalized spacial score (nSPS) is 31.1. The van der Waals surface area contributed by atoms with Crippen molar-refractivity contribution in [3.8, 4) is 0 Å². The number of hydrogen-bond acceptors (Lipinski definition) is 4. The quantitative estimate of drug-likeness (QED) is 0.291. The summed E-state index contributed by atoms with van der Waals surface area (Å²) < 4.78 is 4.53. The third kappa shape index (κ3) is 0.746. The molecule has 0 aliphatic carbocycles. The second-order valence-corrected chi connectivity index (χ2v) is 1.63. The van der Waals surface area contributed by atoms with Gasteiger partial charge < -0.3 is 4.74 Å². The van der Waals surface area contributed by atoms with Crippen LogP contribution in [0.15, 0.2) is 10.2 Å². The Morgan fingerprint density at radius 3 is 2.44 bits per heavy atom. The van der Waals surface area contributed by atoms with Crippen molar-refractivity contribution in [2.45, 2.75) is 5.72 Å². The predicted octanol–water partition coefficient (Wildman–Crippen LogP) is -0.293. The molecule has 48 valence electrons. The Morgan fingerprint density at radius 1 is 1.78 bits per heavy atom. The lowest BCUT2D eigenvalue weighted by Crippen LogP contribution is -2.18. The van der Waals surface area contributed by atoms with E-state index in [1.54, 1.807) is 0 Å². The van der Waals surface area contributed by atoms with E-state index in [1.807, 2.05) is 0 Å². The van der Waals surface area contributed by atoms with Crippen molar-refractivity contribution in [2.24, 2.45) is 10.2 Å². The number of amides is 1. The van der Waals surface area contributed by atoms with Gasteiger partial charge in [-0.2, -0.15) is 0 Å². The van der Waals surface area contributed by atoms with Crippen LogP contribution in [0.5, 0.6) is 0 Å². The molecule has 1 atom stereocenters. The first-order valence-electron chi connectivity index (χ1n) is 2.25. The lowest BCUT2D eigenvalue weighted by Gasteiger charge is -1.92. The number of carbonyl (C=O) groups excluding carboxylic acids is 1. The zero-order valence-corrected chi connectivity index (χ0v) is 4.53.